The van der Waals surface area contributed by atoms with Crippen LogP contribution >= 0.6 is 0 Å². The molecule has 0 aromatic heterocycles. The highest BCUT2D eigenvalue weighted by molar-refractivity contribution is 6.06. The second-order valence-corrected chi connectivity index (χ2v) is 8.92. The largest absolute Gasteiger partial charge is 0.307 e. The van der Waals surface area contributed by atoms with Crippen LogP contribution in [0.1, 0.15) is 44.4 Å². The summed E-state index contributed by atoms with van der Waals surface area (Å²) in [6.07, 6.45) is 9.04. The smallest absolute Gasteiger partial charge is 0.199 e. The van der Waals surface area contributed by atoms with Gasteiger partial charge < -0.3 is 4.90 Å². The average molecular weight is 466 g/mol. The molecule has 0 bridgehead atoms. The van der Waals surface area contributed by atoms with Gasteiger partial charge in [0, 0.05) is 12.2 Å². The molecule has 0 aliphatic heterocycles. The summed E-state index contributed by atoms with van der Waals surface area (Å²) in [4.78, 5) is 2.25. The van der Waals surface area contributed by atoms with Crippen molar-refractivity contribution in [3.05, 3.63) is 113 Å². The first-order valence-electron chi connectivity index (χ1n) is 13.0. The first kappa shape index (κ1) is 26.4. The van der Waals surface area contributed by atoms with Crippen LogP contribution in [0.2, 0.25) is 0 Å². The van der Waals surface area contributed by atoms with Gasteiger partial charge in [0.25, 0.3) is 0 Å². The maximum Gasteiger partial charge on any atom is 0.199 e. The van der Waals surface area contributed by atoms with E-state index in [1.807, 2.05) is 0 Å². The van der Waals surface area contributed by atoms with Gasteiger partial charge in [0.1, 0.15) is 13.1 Å². The predicted molar refractivity (Wildman–Crippen MR) is 155 cm³/mol. The van der Waals surface area contributed by atoms with E-state index in [1.165, 1.54) is 44.3 Å². The Kier molecular flexibility index (Phi) is 9.81. The molecule has 2 heteroatoms. The summed E-state index contributed by atoms with van der Waals surface area (Å²) in [6, 6.07) is 24.0. The van der Waals surface area contributed by atoms with Crippen molar-refractivity contribution in [2.75, 3.05) is 33.2 Å². The third-order valence-electron chi connectivity index (χ3n) is 6.84. The van der Waals surface area contributed by atoms with Crippen LogP contribution in [0.3, 0.4) is 0 Å². The zero-order valence-electron chi connectivity index (χ0n) is 22.4. The lowest BCUT2D eigenvalue weighted by molar-refractivity contribution is -0.519. The minimum atomic E-state index is 1.02. The second kappa shape index (κ2) is 13.0. The van der Waals surface area contributed by atoms with E-state index in [2.05, 4.69) is 142 Å². The molecule has 0 saturated carbocycles. The van der Waals surface area contributed by atoms with Crippen molar-refractivity contribution in [1.29, 1.82) is 0 Å². The highest BCUT2D eigenvalue weighted by Crippen LogP contribution is 2.35. The van der Waals surface area contributed by atoms with Gasteiger partial charge >= 0.3 is 0 Å². The molecule has 0 N–H and O–H groups in total. The van der Waals surface area contributed by atoms with Crippen LogP contribution in [-0.4, -0.2) is 48.4 Å². The van der Waals surface area contributed by atoms with E-state index in [9.17, 15) is 0 Å². The van der Waals surface area contributed by atoms with Gasteiger partial charge in [-0.05, 0) is 91.7 Å². The molecule has 1 aliphatic carbocycles. The summed E-state index contributed by atoms with van der Waals surface area (Å²) in [5.74, 6) is 0. The Morgan fingerprint density at radius 2 is 1.26 bits per heavy atom. The van der Waals surface area contributed by atoms with Crippen molar-refractivity contribution in [3.63, 3.8) is 0 Å². The second-order valence-electron chi connectivity index (χ2n) is 8.92. The van der Waals surface area contributed by atoms with Crippen molar-refractivity contribution in [3.8, 4) is 0 Å². The van der Waals surface area contributed by atoms with Gasteiger partial charge in [0.05, 0.1) is 0 Å². The van der Waals surface area contributed by atoms with E-state index >= 15 is 0 Å². The van der Waals surface area contributed by atoms with Crippen molar-refractivity contribution in [2.24, 2.45) is 0 Å². The molecule has 3 aromatic carbocycles. The van der Waals surface area contributed by atoms with E-state index in [-0.39, 0.29) is 0 Å². The molecule has 3 aromatic rings. The van der Waals surface area contributed by atoms with Gasteiger partial charge in [0.2, 0.25) is 0 Å². The third-order valence-corrected chi connectivity index (χ3v) is 6.84. The molecule has 1 aliphatic rings. The summed E-state index contributed by atoms with van der Waals surface area (Å²) in [6.45, 7) is 15.3. The van der Waals surface area contributed by atoms with Gasteiger partial charge in [-0.2, -0.15) is 0 Å². The molecule has 2 nitrogen and oxygen atoms in total. The summed E-state index contributed by atoms with van der Waals surface area (Å²) in [5.41, 5.74) is 7.66. The molecule has 0 fully saturated rings. The summed E-state index contributed by atoms with van der Waals surface area (Å²) in [5, 5.41) is 2.62. The number of allylic oxidation sites excluding steroid dienone is 5. The van der Waals surface area contributed by atoms with E-state index in [0.29, 0.717) is 0 Å². The molecule has 0 atom stereocenters. The summed E-state index contributed by atoms with van der Waals surface area (Å²) in [7, 11) is 2.11. The quantitative estimate of drug-likeness (QED) is 0.341. The number of benzene rings is 3. The van der Waals surface area contributed by atoms with E-state index in [4.69, 9.17) is 0 Å². The van der Waals surface area contributed by atoms with E-state index < -0.39 is 0 Å². The zero-order chi connectivity index (χ0) is 25.2. The summed E-state index contributed by atoms with van der Waals surface area (Å²) < 4.78 is 2.38. The van der Waals surface area contributed by atoms with Crippen LogP contribution in [0, 0.1) is 6.92 Å². The molecule has 0 radical (unpaired) electrons. The lowest BCUT2D eigenvalue weighted by atomic mass is 9.87. The highest BCUT2D eigenvalue weighted by Gasteiger charge is 2.16. The Labute approximate surface area is 212 Å². The highest BCUT2D eigenvalue weighted by atomic mass is 15.1. The van der Waals surface area contributed by atoms with Crippen LogP contribution in [-0.2, 0) is 0 Å². The first-order valence-corrected chi connectivity index (χ1v) is 13.0. The lowest BCUT2D eigenvalue weighted by Crippen LogP contribution is -2.19. The van der Waals surface area contributed by atoms with Crippen molar-refractivity contribution in [1.82, 2.24) is 4.90 Å². The third kappa shape index (κ3) is 6.46. The lowest BCUT2D eigenvalue weighted by Gasteiger charge is -2.17. The Morgan fingerprint density at radius 3 is 1.80 bits per heavy atom. The van der Waals surface area contributed by atoms with Crippen LogP contribution < -0.4 is 0 Å². The van der Waals surface area contributed by atoms with Gasteiger partial charge in [-0.15, -0.1) is 0 Å². The Morgan fingerprint density at radius 1 is 0.686 bits per heavy atom. The Balaban J connectivity index is 0.000000509. The average Bonchev–Trinajstić information content (AvgIpc) is 2.92. The van der Waals surface area contributed by atoms with E-state index in [0.717, 1.165) is 26.2 Å². The summed E-state index contributed by atoms with van der Waals surface area (Å²) >= 11 is 0. The molecule has 0 heterocycles. The maximum atomic E-state index is 2.38. The fourth-order valence-electron chi connectivity index (χ4n) is 4.40. The van der Waals surface area contributed by atoms with Crippen molar-refractivity contribution in [2.45, 2.75) is 34.6 Å². The predicted octanol–water partition coefficient (Wildman–Crippen LogP) is 7.53. The molecule has 0 spiro atoms. The molecule has 0 unspecified atom stereocenters. The number of rotatable bonds is 6. The number of nitrogens with zero attached hydrogens (tertiary/aromatic N) is 2. The number of hydrogen-bond acceptors (Lipinski definition) is 1. The van der Waals surface area contributed by atoms with Crippen molar-refractivity contribution < 1.29 is 4.58 Å². The molecular formula is C33H41N2+. The topological polar surface area (TPSA) is 6.25 Å². The zero-order valence-corrected chi connectivity index (χ0v) is 22.4. The first-order chi connectivity index (χ1) is 17.0. The molecule has 35 heavy (non-hydrogen) atoms. The fourth-order valence-corrected chi connectivity index (χ4v) is 4.40. The number of aryl methyl sites for hydroxylation is 1. The minimum absolute atomic E-state index is 1.02. The Hall–Kier alpha value is -3.23. The van der Waals surface area contributed by atoms with E-state index in [1.54, 1.807) is 0 Å². The van der Waals surface area contributed by atoms with Crippen LogP contribution in [0.15, 0.2) is 96.6 Å². The Bertz CT molecular complexity index is 1210. The number of hydrogen-bond donors (Lipinski definition) is 0. The normalized spacial score (nSPS) is 12.7. The maximum absolute atomic E-state index is 2.38. The number of fused-ring (bicyclic) bond motifs is 1. The SMILES string of the molecule is CCN(C)CC.CC[N+](CC)=C1C=CC(=C(c2ccccc2)c2ccc(C)c3ccccc23)C=C1. The molecule has 0 saturated heterocycles. The van der Waals surface area contributed by atoms with Gasteiger partial charge in [-0.3, -0.25) is 0 Å². The standard InChI is InChI=1S/C28H28N.C5H13N/c1-4-29(5-2)24-18-16-23(17-19-24)28(22-11-7-6-8-12-22)27-20-15-21(3)25-13-9-10-14-26(25)27;1-4-6(3)5-2/h6-20H,4-5H2,1-3H3;4-5H2,1-3H3/q+1;. The van der Waals surface area contributed by atoms with Crippen LogP contribution in [0.5, 0.6) is 0 Å². The molecular weight excluding hydrogens is 424 g/mol. The molecule has 182 valence electrons. The van der Waals surface area contributed by atoms with Crippen molar-refractivity contribution >= 4 is 22.1 Å². The van der Waals surface area contributed by atoms with Crippen LogP contribution in [0.25, 0.3) is 16.3 Å². The van der Waals surface area contributed by atoms with Gasteiger partial charge in [-0.1, -0.05) is 80.6 Å². The van der Waals surface area contributed by atoms with Gasteiger partial charge in [0.15, 0.2) is 5.71 Å². The molecule has 4 rings (SSSR count). The van der Waals surface area contributed by atoms with Gasteiger partial charge in [-0.25, -0.2) is 4.58 Å². The monoisotopic (exact) mass is 465 g/mol. The van der Waals surface area contributed by atoms with Crippen LogP contribution in [0.4, 0.5) is 0 Å². The minimum Gasteiger partial charge on any atom is -0.307 e. The fraction of sp³-hybridized carbons (Fsp3) is 0.303. The molecule has 0 amide bonds.